The summed E-state index contributed by atoms with van der Waals surface area (Å²) in [5.74, 6) is 1.39. The van der Waals surface area contributed by atoms with Crippen LogP contribution in [0.4, 0.5) is 0 Å². The molecule has 0 saturated heterocycles. The van der Waals surface area contributed by atoms with E-state index in [1.165, 1.54) is 11.3 Å². The summed E-state index contributed by atoms with van der Waals surface area (Å²) in [6, 6.07) is 12.2. The molecular formula is C30H34N2O6S. The maximum Gasteiger partial charge on any atom is 0.338 e. The van der Waals surface area contributed by atoms with Gasteiger partial charge in [-0.1, -0.05) is 29.5 Å². The normalized spacial score (nSPS) is 15.2. The Morgan fingerprint density at radius 3 is 2.49 bits per heavy atom. The molecule has 2 aromatic carbocycles. The smallest absolute Gasteiger partial charge is 0.338 e. The van der Waals surface area contributed by atoms with Crippen LogP contribution in [-0.2, 0) is 9.53 Å². The number of nitrogens with zero attached hydrogens (tertiary/aromatic N) is 2. The summed E-state index contributed by atoms with van der Waals surface area (Å²) < 4.78 is 25.0. The summed E-state index contributed by atoms with van der Waals surface area (Å²) in [5, 5.41) is 0. The molecule has 3 aromatic rings. The molecule has 9 heteroatoms. The molecule has 1 aliphatic heterocycles. The molecule has 0 unspecified atom stereocenters. The summed E-state index contributed by atoms with van der Waals surface area (Å²) in [6.45, 7) is 12.4. The zero-order valence-corrected chi connectivity index (χ0v) is 24.0. The Bertz CT molecular complexity index is 1570. The van der Waals surface area contributed by atoms with E-state index in [0.717, 1.165) is 5.56 Å². The molecule has 0 amide bonds. The number of rotatable bonds is 10. The van der Waals surface area contributed by atoms with E-state index in [-0.39, 0.29) is 18.3 Å². The molecule has 206 valence electrons. The molecule has 0 fully saturated rings. The van der Waals surface area contributed by atoms with E-state index in [1.807, 2.05) is 70.2 Å². The number of esters is 1. The van der Waals surface area contributed by atoms with Crippen LogP contribution in [0.5, 0.6) is 17.2 Å². The third-order valence-corrected chi connectivity index (χ3v) is 6.96. The Morgan fingerprint density at radius 1 is 1.05 bits per heavy atom. The van der Waals surface area contributed by atoms with E-state index in [9.17, 15) is 9.59 Å². The SMILES string of the molecule is CCOC(=O)C1=C(C)N=c2s/c(=C/c3ccc(OCC)cc3OCC)c(=O)n2[C@H]1c1ccccc1OC(C)C. The predicted octanol–water partition coefficient (Wildman–Crippen LogP) is 4.38. The largest absolute Gasteiger partial charge is 0.494 e. The zero-order chi connectivity index (χ0) is 28.1. The van der Waals surface area contributed by atoms with Crippen LogP contribution in [-0.4, -0.2) is 36.5 Å². The van der Waals surface area contributed by atoms with Crippen molar-refractivity contribution in [3.63, 3.8) is 0 Å². The van der Waals surface area contributed by atoms with E-state index < -0.39 is 12.0 Å². The van der Waals surface area contributed by atoms with Gasteiger partial charge in [-0.25, -0.2) is 9.79 Å². The number of ether oxygens (including phenoxy) is 4. The van der Waals surface area contributed by atoms with Gasteiger partial charge in [0.1, 0.15) is 23.3 Å². The first-order valence-corrected chi connectivity index (χ1v) is 13.9. The van der Waals surface area contributed by atoms with E-state index in [0.29, 0.717) is 56.6 Å². The maximum atomic E-state index is 14.0. The van der Waals surface area contributed by atoms with Gasteiger partial charge in [-0.2, -0.15) is 0 Å². The molecule has 1 atom stereocenters. The molecule has 39 heavy (non-hydrogen) atoms. The second-order valence-corrected chi connectivity index (χ2v) is 10.1. The van der Waals surface area contributed by atoms with Crippen molar-refractivity contribution in [2.45, 2.75) is 53.7 Å². The highest BCUT2D eigenvalue weighted by Gasteiger charge is 2.35. The van der Waals surface area contributed by atoms with Gasteiger partial charge in [-0.05, 0) is 65.8 Å². The Balaban J connectivity index is 1.95. The lowest BCUT2D eigenvalue weighted by atomic mass is 9.95. The number of aromatic nitrogens is 1. The lowest BCUT2D eigenvalue weighted by Crippen LogP contribution is -2.40. The minimum Gasteiger partial charge on any atom is -0.494 e. The van der Waals surface area contributed by atoms with Gasteiger partial charge in [0.05, 0.1) is 41.7 Å². The van der Waals surface area contributed by atoms with Crippen molar-refractivity contribution in [3.8, 4) is 17.2 Å². The van der Waals surface area contributed by atoms with E-state index in [1.54, 1.807) is 24.5 Å². The standard InChI is InChI=1S/C30H34N2O6S/c1-7-35-21-15-14-20(24(17-21)36-8-2)16-25-28(33)32-27(22-12-10-11-13-23(22)38-18(4)5)26(29(34)37-9-3)19(6)31-30(32)39-25/h10-18,27H,7-9H2,1-6H3/b25-16+/t27-/m0/s1. The van der Waals surface area contributed by atoms with Crippen molar-refractivity contribution in [1.82, 2.24) is 4.57 Å². The van der Waals surface area contributed by atoms with Crippen LogP contribution in [0, 0.1) is 0 Å². The quantitative estimate of drug-likeness (QED) is 0.348. The fourth-order valence-corrected chi connectivity index (χ4v) is 5.50. The number of fused-ring (bicyclic) bond motifs is 1. The van der Waals surface area contributed by atoms with Gasteiger partial charge in [0.15, 0.2) is 4.80 Å². The third-order valence-electron chi connectivity index (χ3n) is 5.98. The summed E-state index contributed by atoms with van der Waals surface area (Å²) >= 11 is 1.26. The second-order valence-electron chi connectivity index (χ2n) is 9.07. The van der Waals surface area contributed by atoms with Crippen LogP contribution < -0.4 is 29.1 Å². The molecule has 1 aromatic heterocycles. The summed E-state index contributed by atoms with van der Waals surface area (Å²) in [6.07, 6.45) is 1.69. The average molecular weight is 551 g/mol. The lowest BCUT2D eigenvalue weighted by molar-refractivity contribution is -0.139. The van der Waals surface area contributed by atoms with Crippen LogP contribution in [0.3, 0.4) is 0 Å². The van der Waals surface area contributed by atoms with Crippen molar-refractivity contribution in [1.29, 1.82) is 0 Å². The predicted molar refractivity (Wildman–Crippen MR) is 151 cm³/mol. The van der Waals surface area contributed by atoms with Gasteiger partial charge in [-0.15, -0.1) is 0 Å². The van der Waals surface area contributed by atoms with Gasteiger partial charge in [0, 0.05) is 17.2 Å². The van der Waals surface area contributed by atoms with Gasteiger partial charge in [-0.3, -0.25) is 9.36 Å². The van der Waals surface area contributed by atoms with Crippen molar-refractivity contribution in [3.05, 3.63) is 84.5 Å². The molecule has 0 N–H and O–H groups in total. The molecule has 0 spiro atoms. The molecule has 2 heterocycles. The third kappa shape index (κ3) is 5.93. The molecule has 8 nitrogen and oxygen atoms in total. The highest BCUT2D eigenvalue weighted by Crippen LogP contribution is 2.36. The number of thiazole rings is 1. The Hall–Kier alpha value is -3.85. The first kappa shape index (κ1) is 28.2. The van der Waals surface area contributed by atoms with Crippen molar-refractivity contribution in [2.24, 2.45) is 4.99 Å². The first-order valence-electron chi connectivity index (χ1n) is 13.1. The summed E-state index contributed by atoms with van der Waals surface area (Å²) in [4.78, 5) is 32.4. The Kier molecular flexibility index (Phi) is 8.91. The lowest BCUT2D eigenvalue weighted by Gasteiger charge is -2.26. The molecule has 0 bridgehead atoms. The molecule has 0 saturated carbocycles. The van der Waals surface area contributed by atoms with E-state index >= 15 is 0 Å². The number of hydrogen-bond donors (Lipinski definition) is 0. The second kappa shape index (κ2) is 12.3. The van der Waals surface area contributed by atoms with Gasteiger partial charge in [0.25, 0.3) is 5.56 Å². The molecular weight excluding hydrogens is 516 g/mol. The van der Waals surface area contributed by atoms with Crippen LogP contribution in [0.2, 0.25) is 0 Å². The van der Waals surface area contributed by atoms with Crippen LogP contribution >= 0.6 is 11.3 Å². The topological polar surface area (TPSA) is 88.4 Å². The Morgan fingerprint density at radius 2 is 1.79 bits per heavy atom. The minimum absolute atomic E-state index is 0.102. The maximum absolute atomic E-state index is 14.0. The highest BCUT2D eigenvalue weighted by molar-refractivity contribution is 7.07. The molecule has 0 radical (unpaired) electrons. The van der Waals surface area contributed by atoms with Gasteiger partial charge >= 0.3 is 5.97 Å². The highest BCUT2D eigenvalue weighted by atomic mass is 32.1. The van der Waals surface area contributed by atoms with E-state index in [4.69, 9.17) is 18.9 Å². The van der Waals surface area contributed by atoms with Crippen molar-refractivity contribution >= 4 is 23.4 Å². The monoisotopic (exact) mass is 550 g/mol. The number of carbonyl (C=O) groups excluding carboxylic acids is 1. The average Bonchev–Trinajstić information content (AvgIpc) is 3.19. The molecule has 4 rings (SSSR count). The number of benzene rings is 2. The van der Waals surface area contributed by atoms with Crippen molar-refractivity contribution < 1.29 is 23.7 Å². The summed E-state index contributed by atoms with van der Waals surface area (Å²) in [7, 11) is 0. The van der Waals surface area contributed by atoms with Crippen molar-refractivity contribution in [2.75, 3.05) is 19.8 Å². The molecule has 0 aliphatic carbocycles. The number of allylic oxidation sites excluding steroid dienone is 1. The zero-order valence-electron chi connectivity index (χ0n) is 23.1. The fourth-order valence-electron chi connectivity index (χ4n) is 4.47. The van der Waals surface area contributed by atoms with Crippen LogP contribution in [0.1, 0.15) is 58.7 Å². The molecule has 1 aliphatic rings. The number of carbonyl (C=O) groups is 1. The Labute approximate surface area is 231 Å². The number of para-hydroxylation sites is 1. The van der Waals surface area contributed by atoms with Gasteiger partial charge in [0.2, 0.25) is 0 Å². The van der Waals surface area contributed by atoms with Crippen LogP contribution in [0.25, 0.3) is 6.08 Å². The summed E-state index contributed by atoms with van der Waals surface area (Å²) in [5.41, 5.74) is 1.97. The first-order chi connectivity index (χ1) is 18.8. The number of hydrogen-bond acceptors (Lipinski definition) is 8. The minimum atomic E-state index is -0.760. The van der Waals surface area contributed by atoms with E-state index in [2.05, 4.69) is 4.99 Å². The van der Waals surface area contributed by atoms with Crippen LogP contribution in [0.15, 0.2) is 63.5 Å². The van der Waals surface area contributed by atoms with Gasteiger partial charge < -0.3 is 18.9 Å². The fraction of sp³-hybridized carbons (Fsp3) is 0.367.